The van der Waals surface area contributed by atoms with Crippen LogP contribution in [0, 0.1) is 12.7 Å². The van der Waals surface area contributed by atoms with Crippen molar-refractivity contribution in [1.82, 2.24) is 14.5 Å². The molecule has 3 N–H and O–H groups in total. The molecule has 0 amide bonds. The van der Waals surface area contributed by atoms with E-state index < -0.39 is 15.8 Å². The number of aryl methyl sites for hydroxylation is 1. The van der Waals surface area contributed by atoms with Crippen molar-refractivity contribution in [3.05, 3.63) is 41.5 Å². The maximum absolute atomic E-state index is 13.5. The van der Waals surface area contributed by atoms with E-state index in [9.17, 15) is 12.8 Å². The number of nitrogens with zero attached hydrogens (tertiary/aromatic N) is 2. The average Bonchev–Trinajstić information content (AvgIpc) is 2.79. The van der Waals surface area contributed by atoms with Gasteiger partial charge in [0.05, 0.1) is 17.1 Å². The fourth-order valence-electron chi connectivity index (χ4n) is 1.64. The van der Waals surface area contributed by atoms with E-state index in [4.69, 9.17) is 5.73 Å². The Labute approximate surface area is 116 Å². The van der Waals surface area contributed by atoms with Crippen molar-refractivity contribution in [2.75, 3.05) is 5.73 Å². The molecule has 6 nitrogen and oxygen atoms in total. The smallest absolute Gasteiger partial charge is 0.241 e. The van der Waals surface area contributed by atoms with Crippen molar-refractivity contribution in [1.29, 1.82) is 0 Å². The second-order valence-electron chi connectivity index (χ2n) is 4.42. The number of nitrogens with one attached hydrogen (secondary N) is 1. The summed E-state index contributed by atoms with van der Waals surface area (Å²) in [6, 6.07) is 3.87. The first-order valence-corrected chi connectivity index (χ1v) is 7.32. The number of sulfonamides is 1. The Balaban J connectivity index is 2.22. The minimum Gasteiger partial charge on any atom is -0.398 e. The molecule has 108 valence electrons. The summed E-state index contributed by atoms with van der Waals surface area (Å²) in [5.74, 6) is -0.650. The second kappa shape index (κ2) is 5.22. The molecule has 0 unspecified atom stereocenters. The Hall–Kier alpha value is -1.93. The SMILES string of the molecule is Cc1c(N)cc(S(=O)(=O)NCc2ccn(C)n2)cc1F. The third kappa shape index (κ3) is 2.97. The van der Waals surface area contributed by atoms with Crippen molar-refractivity contribution < 1.29 is 12.8 Å². The molecule has 2 aromatic rings. The molecular weight excluding hydrogens is 283 g/mol. The van der Waals surface area contributed by atoms with Gasteiger partial charge < -0.3 is 5.73 Å². The molecule has 0 spiro atoms. The quantitative estimate of drug-likeness (QED) is 0.822. The number of hydrogen-bond acceptors (Lipinski definition) is 4. The zero-order valence-electron chi connectivity index (χ0n) is 11.1. The highest BCUT2D eigenvalue weighted by atomic mass is 32.2. The number of rotatable bonds is 4. The van der Waals surface area contributed by atoms with Crippen LogP contribution < -0.4 is 10.5 Å². The van der Waals surface area contributed by atoms with Gasteiger partial charge >= 0.3 is 0 Å². The van der Waals surface area contributed by atoms with Gasteiger partial charge in [-0.2, -0.15) is 5.10 Å². The molecule has 0 aliphatic carbocycles. The second-order valence-corrected chi connectivity index (χ2v) is 6.19. The van der Waals surface area contributed by atoms with Gasteiger partial charge in [0.25, 0.3) is 0 Å². The van der Waals surface area contributed by atoms with Gasteiger partial charge in [0.1, 0.15) is 5.82 Å². The molecule has 1 aromatic heterocycles. The molecule has 2 rings (SSSR count). The summed E-state index contributed by atoms with van der Waals surface area (Å²) in [4.78, 5) is -0.200. The minimum absolute atomic E-state index is 0.0264. The fourth-order valence-corrected chi connectivity index (χ4v) is 2.68. The Morgan fingerprint density at radius 2 is 2.15 bits per heavy atom. The van der Waals surface area contributed by atoms with Gasteiger partial charge in [-0.3, -0.25) is 4.68 Å². The van der Waals surface area contributed by atoms with E-state index in [1.165, 1.54) is 13.0 Å². The summed E-state index contributed by atoms with van der Waals surface area (Å²) in [5.41, 5.74) is 6.48. The van der Waals surface area contributed by atoms with Crippen molar-refractivity contribution in [3.8, 4) is 0 Å². The summed E-state index contributed by atoms with van der Waals surface area (Å²) in [5, 5.41) is 4.05. The highest BCUT2D eigenvalue weighted by Crippen LogP contribution is 2.20. The molecule has 0 aliphatic rings. The highest BCUT2D eigenvalue weighted by Gasteiger charge is 2.17. The first-order valence-electron chi connectivity index (χ1n) is 5.83. The van der Waals surface area contributed by atoms with Crippen LogP contribution in [0.2, 0.25) is 0 Å². The molecule has 1 aromatic carbocycles. The van der Waals surface area contributed by atoms with E-state index >= 15 is 0 Å². The highest BCUT2D eigenvalue weighted by molar-refractivity contribution is 7.89. The maximum atomic E-state index is 13.5. The van der Waals surface area contributed by atoms with Gasteiger partial charge in [0.2, 0.25) is 10.0 Å². The van der Waals surface area contributed by atoms with Crippen LogP contribution in [0.3, 0.4) is 0 Å². The monoisotopic (exact) mass is 298 g/mol. The van der Waals surface area contributed by atoms with Gasteiger partial charge in [-0.25, -0.2) is 17.5 Å². The lowest BCUT2D eigenvalue weighted by Gasteiger charge is -2.08. The van der Waals surface area contributed by atoms with Crippen LogP contribution in [0.1, 0.15) is 11.3 Å². The lowest BCUT2D eigenvalue weighted by molar-refractivity contribution is 0.575. The number of halogens is 1. The summed E-state index contributed by atoms with van der Waals surface area (Å²) in [6.07, 6.45) is 1.70. The lowest BCUT2D eigenvalue weighted by atomic mass is 10.2. The number of anilines is 1. The molecule has 8 heteroatoms. The van der Waals surface area contributed by atoms with Crippen LogP contribution >= 0.6 is 0 Å². The number of nitrogen functional groups attached to an aromatic ring is 1. The van der Waals surface area contributed by atoms with Crippen LogP contribution in [-0.2, 0) is 23.6 Å². The molecule has 0 saturated heterocycles. The molecule has 0 fully saturated rings. The zero-order chi connectivity index (χ0) is 14.9. The first kappa shape index (κ1) is 14.5. The Morgan fingerprint density at radius 1 is 1.45 bits per heavy atom. The number of aromatic nitrogens is 2. The van der Waals surface area contributed by atoms with Crippen molar-refractivity contribution in [2.45, 2.75) is 18.4 Å². The van der Waals surface area contributed by atoms with Gasteiger partial charge in [-0.05, 0) is 25.1 Å². The van der Waals surface area contributed by atoms with Gasteiger partial charge in [0.15, 0.2) is 0 Å². The molecule has 0 atom stereocenters. The minimum atomic E-state index is -3.83. The predicted octanol–water partition coefficient (Wildman–Crippen LogP) is 0.928. The van der Waals surface area contributed by atoms with E-state index in [0.29, 0.717) is 5.69 Å². The van der Waals surface area contributed by atoms with Crippen LogP contribution in [0.4, 0.5) is 10.1 Å². The standard InChI is InChI=1S/C12H15FN4O2S/c1-8-11(13)5-10(6-12(8)14)20(18,19)15-7-9-3-4-17(2)16-9/h3-6,15H,7,14H2,1-2H3. The fraction of sp³-hybridized carbons (Fsp3) is 0.250. The molecule has 1 heterocycles. The molecule has 20 heavy (non-hydrogen) atoms. The summed E-state index contributed by atoms with van der Waals surface area (Å²) in [7, 11) is -2.10. The summed E-state index contributed by atoms with van der Waals surface area (Å²) < 4.78 is 41.6. The van der Waals surface area contributed by atoms with Gasteiger partial charge in [0, 0.05) is 24.5 Å². The van der Waals surface area contributed by atoms with E-state index in [1.807, 2.05) is 0 Å². The van der Waals surface area contributed by atoms with E-state index in [0.717, 1.165) is 6.07 Å². The van der Waals surface area contributed by atoms with E-state index in [-0.39, 0.29) is 22.7 Å². The van der Waals surface area contributed by atoms with Gasteiger partial charge in [-0.15, -0.1) is 0 Å². The van der Waals surface area contributed by atoms with Crippen molar-refractivity contribution in [3.63, 3.8) is 0 Å². The average molecular weight is 298 g/mol. The zero-order valence-corrected chi connectivity index (χ0v) is 11.9. The normalized spacial score (nSPS) is 11.8. The van der Waals surface area contributed by atoms with Gasteiger partial charge in [-0.1, -0.05) is 0 Å². The Bertz CT molecular complexity index is 717. The predicted molar refractivity (Wildman–Crippen MR) is 72.8 cm³/mol. The largest absolute Gasteiger partial charge is 0.398 e. The van der Waals surface area contributed by atoms with E-state index in [1.54, 1.807) is 24.0 Å². The molecule has 0 aliphatic heterocycles. The molecular formula is C12H15FN4O2S. The van der Waals surface area contributed by atoms with Crippen molar-refractivity contribution >= 4 is 15.7 Å². The van der Waals surface area contributed by atoms with Crippen LogP contribution in [0.25, 0.3) is 0 Å². The summed E-state index contributed by atoms with van der Waals surface area (Å²) in [6.45, 7) is 1.51. The van der Waals surface area contributed by atoms with Crippen LogP contribution in [0.5, 0.6) is 0 Å². The topological polar surface area (TPSA) is 90.0 Å². The number of hydrogen-bond donors (Lipinski definition) is 2. The maximum Gasteiger partial charge on any atom is 0.241 e. The number of benzene rings is 1. The third-order valence-corrected chi connectivity index (χ3v) is 4.26. The number of nitrogens with two attached hydrogens (primary N) is 1. The summed E-state index contributed by atoms with van der Waals surface area (Å²) >= 11 is 0. The first-order chi connectivity index (χ1) is 9.29. The van der Waals surface area contributed by atoms with Crippen LogP contribution in [-0.4, -0.2) is 18.2 Å². The molecule has 0 radical (unpaired) electrons. The van der Waals surface area contributed by atoms with E-state index in [2.05, 4.69) is 9.82 Å². The molecule has 0 saturated carbocycles. The third-order valence-electron chi connectivity index (χ3n) is 2.88. The van der Waals surface area contributed by atoms with Crippen molar-refractivity contribution in [2.24, 2.45) is 7.05 Å². The molecule has 0 bridgehead atoms. The van der Waals surface area contributed by atoms with Crippen LogP contribution in [0.15, 0.2) is 29.3 Å². The Kier molecular flexibility index (Phi) is 3.78. The lowest BCUT2D eigenvalue weighted by Crippen LogP contribution is -2.24. The Morgan fingerprint density at radius 3 is 2.70 bits per heavy atom.